The first kappa shape index (κ1) is 19.6. The van der Waals surface area contributed by atoms with Crippen molar-refractivity contribution in [2.24, 2.45) is 0 Å². The first-order valence-electron chi connectivity index (χ1n) is 7.80. The Balaban J connectivity index is 2.73. The molecule has 0 aliphatic rings. The predicted molar refractivity (Wildman–Crippen MR) is 89.8 cm³/mol. The van der Waals surface area contributed by atoms with Gasteiger partial charge in [-0.05, 0) is 25.5 Å². The van der Waals surface area contributed by atoms with E-state index in [0.717, 1.165) is 0 Å². The number of methoxy groups -OCH3 is 1. The number of rotatable bonds is 9. The largest absolute Gasteiger partial charge is 0.462 e. The fourth-order valence-electron chi connectivity index (χ4n) is 2.09. The van der Waals surface area contributed by atoms with Crippen LogP contribution in [0.5, 0.6) is 0 Å². The highest BCUT2D eigenvalue weighted by atomic mass is 16.5. The van der Waals surface area contributed by atoms with E-state index in [0.29, 0.717) is 25.3 Å². The van der Waals surface area contributed by atoms with Crippen LogP contribution in [0.4, 0.5) is 5.69 Å². The van der Waals surface area contributed by atoms with Gasteiger partial charge < -0.3 is 19.7 Å². The zero-order chi connectivity index (χ0) is 17.9. The van der Waals surface area contributed by atoms with E-state index in [2.05, 4.69) is 5.32 Å². The molecule has 0 atom stereocenters. The van der Waals surface area contributed by atoms with Gasteiger partial charge in [0, 0.05) is 27.2 Å². The van der Waals surface area contributed by atoms with Crippen LogP contribution in [0.3, 0.4) is 0 Å². The molecule has 0 radical (unpaired) electrons. The Bertz CT molecular complexity index is 574. The molecule has 0 aliphatic carbocycles. The number of nitrogens with zero attached hydrogens (tertiary/aromatic N) is 1. The van der Waals surface area contributed by atoms with Crippen LogP contribution in [0.2, 0.25) is 0 Å². The van der Waals surface area contributed by atoms with Crippen molar-refractivity contribution in [1.82, 2.24) is 4.90 Å². The van der Waals surface area contributed by atoms with E-state index < -0.39 is 5.97 Å². The number of ether oxygens (including phenoxy) is 2. The van der Waals surface area contributed by atoms with Gasteiger partial charge in [-0.25, -0.2) is 4.79 Å². The quantitative estimate of drug-likeness (QED) is 0.548. The minimum Gasteiger partial charge on any atom is -0.462 e. The zero-order valence-electron chi connectivity index (χ0n) is 14.3. The summed E-state index contributed by atoms with van der Waals surface area (Å²) in [5, 5.41) is 2.66. The van der Waals surface area contributed by atoms with Crippen LogP contribution in [0.25, 0.3) is 0 Å². The molecule has 0 saturated heterocycles. The van der Waals surface area contributed by atoms with E-state index >= 15 is 0 Å². The second-order valence-electron chi connectivity index (χ2n) is 5.10. The van der Waals surface area contributed by atoms with Gasteiger partial charge in [0.15, 0.2) is 0 Å². The lowest BCUT2D eigenvalue weighted by Crippen LogP contribution is -2.37. The fourth-order valence-corrected chi connectivity index (χ4v) is 2.09. The first-order valence-corrected chi connectivity index (χ1v) is 7.80. The Hall–Kier alpha value is -2.41. The van der Waals surface area contributed by atoms with Gasteiger partial charge in [-0.3, -0.25) is 9.59 Å². The number of hydrogen-bond donors (Lipinski definition) is 1. The summed E-state index contributed by atoms with van der Waals surface area (Å²) in [6.07, 6.45) is 0.642. The van der Waals surface area contributed by atoms with Gasteiger partial charge in [-0.1, -0.05) is 12.1 Å². The molecule has 1 aromatic rings. The molecule has 1 N–H and O–H groups in total. The Kier molecular flexibility index (Phi) is 8.49. The molecular formula is C17H24N2O5. The molecule has 0 fully saturated rings. The highest BCUT2D eigenvalue weighted by molar-refractivity contribution is 6.02. The summed E-state index contributed by atoms with van der Waals surface area (Å²) in [6, 6.07) is 6.59. The highest BCUT2D eigenvalue weighted by Gasteiger charge is 2.17. The number of amides is 2. The third kappa shape index (κ3) is 6.37. The zero-order valence-corrected chi connectivity index (χ0v) is 14.3. The van der Waals surface area contributed by atoms with Crippen LogP contribution in [0.1, 0.15) is 30.6 Å². The van der Waals surface area contributed by atoms with E-state index in [1.807, 2.05) is 0 Å². The molecule has 0 aromatic heterocycles. The van der Waals surface area contributed by atoms with Crippen LogP contribution < -0.4 is 5.32 Å². The summed E-state index contributed by atoms with van der Waals surface area (Å²) >= 11 is 0. The number of carbonyl (C=O) groups excluding carboxylic acids is 3. The van der Waals surface area contributed by atoms with Crippen molar-refractivity contribution in [2.75, 3.05) is 38.7 Å². The van der Waals surface area contributed by atoms with Crippen molar-refractivity contribution >= 4 is 23.5 Å². The second kappa shape index (κ2) is 10.4. The van der Waals surface area contributed by atoms with E-state index in [1.54, 1.807) is 38.3 Å². The van der Waals surface area contributed by atoms with Crippen LogP contribution >= 0.6 is 0 Å². The van der Waals surface area contributed by atoms with Gasteiger partial charge in [0.25, 0.3) is 0 Å². The van der Waals surface area contributed by atoms with Crippen molar-refractivity contribution in [3.05, 3.63) is 29.8 Å². The first-order chi connectivity index (χ1) is 11.5. The standard InChI is InChI=1S/C17H24N2O5/c1-4-24-17(22)14-8-5-6-9-15(14)18-16(21)12-19(13(2)20)10-7-11-23-3/h5-6,8-9H,4,7,10-12H2,1-3H3,(H,18,21). The van der Waals surface area contributed by atoms with Crippen LogP contribution in [-0.2, 0) is 19.1 Å². The third-order valence-electron chi connectivity index (χ3n) is 3.25. The maximum absolute atomic E-state index is 12.2. The number of carbonyl (C=O) groups is 3. The average Bonchev–Trinajstić information content (AvgIpc) is 2.54. The maximum Gasteiger partial charge on any atom is 0.340 e. The molecule has 1 rings (SSSR count). The van der Waals surface area contributed by atoms with Gasteiger partial charge in [0.2, 0.25) is 11.8 Å². The number of esters is 1. The lowest BCUT2D eigenvalue weighted by Gasteiger charge is -2.20. The van der Waals surface area contributed by atoms with Gasteiger partial charge in [0.05, 0.1) is 24.4 Å². The summed E-state index contributed by atoms with van der Waals surface area (Å²) in [6.45, 7) is 4.22. The maximum atomic E-state index is 12.2. The molecule has 132 valence electrons. The molecule has 0 bridgehead atoms. The van der Waals surface area contributed by atoms with E-state index in [-0.39, 0.29) is 30.5 Å². The fraction of sp³-hybridized carbons (Fsp3) is 0.471. The normalized spacial score (nSPS) is 10.1. The van der Waals surface area contributed by atoms with Gasteiger partial charge in [-0.2, -0.15) is 0 Å². The van der Waals surface area contributed by atoms with Crippen molar-refractivity contribution in [3.63, 3.8) is 0 Å². The Morgan fingerprint density at radius 3 is 2.54 bits per heavy atom. The minimum atomic E-state index is -0.503. The number of para-hydroxylation sites is 1. The summed E-state index contributed by atoms with van der Waals surface area (Å²) < 4.78 is 9.91. The molecule has 0 unspecified atom stereocenters. The van der Waals surface area contributed by atoms with Gasteiger partial charge in [-0.15, -0.1) is 0 Å². The van der Waals surface area contributed by atoms with E-state index in [9.17, 15) is 14.4 Å². The van der Waals surface area contributed by atoms with Crippen LogP contribution in [-0.4, -0.2) is 56.1 Å². The second-order valence-corrected chi connectivity index (χ2v) is 5.10. The smallest absolute Gasteiger partial charge is 0.340 e. The number of anilines is 1. The monoisotopic (exact) mass is 336 g/mol. The number of nitrogens with one attached hydrogen (secondary N) is 1. The molecule has 24 heavy (non-hydrogen) atoms. The molecule has 7 heteroatoms. The lowest BCUT2D eigenvalue weighted by molar-refractivity contribution is -0.132. The van der Waals surface area contributed by atoms with Crippen molar-refractivity contribution in [3.8, 4) is 0 Å². The SMILES string of the molecule is CCOC(=O)c1ccccc1NC(=O)CN(CCCOC)C(C)=O. The van der Waals surface area contributed by atoms with Crippen LogP contribution in [0, 0.1) is 0 Å². The Morgan fingerprint density at radius 2 is 1.92 bits per heavy atom. The number of benzene rings is 1. The Morgan fingerprint density at radius 1 is 1.21 bits per heavy atom. The third-order valence-corrected chi connectivity index (χ3v) is 3.25. The summed E-state index contributed by atoms with van der Waals surface area (Å²) in [7, 11) is 1.58. The summed E-state index contributed by atoms with van der Waals surface area (Å²) in [4.78, 5) is 37.2. The van der Waals surface area contributed by atoms with Crippen LogP contribution in [0.15, 0.2) is 24.3 Å². The summed E-state index contributed by atoms with van der Waals surface area (Å²) in [5.74, 6) is -1.07. The minimum absolute atomic E-state index is 0.0871. The van der Waals surface area contributed by atoms with Gasteiger partial charge >= 0.3 is 5.97 Å². The molecule has 7 nitrogen and oxygen atoms in total. The lowest BCUT2D eigenvalue weighted by atomic mass is 10.2. The molecule has 0 heterocycles. The Labute approximate surface area is 141 Å². The highest BCUT2D eigenvalue weighted by Crippen LogP contribution is 2.16. The van der Waals surface area contributed by atoms with Crippen molar-refractivity contribution < 1.29 is 23.9 Å². The molecule has 2 amide bonds. The molecule has 0 aliphatic heterocycles. The van der Waals surface area contributed by atoms with E-state index in [1.165, 1.54) is 11.8 Å². The molecule has 0 saturated carbocycles. The molecular weight excluding hydrogens is 312 g/mol. The molecule has 1 aromatic carbocycles. The van der Waals surface area contributed by atoms with Crippen molar-refractivity contribution in [1.29, 1.82) is 0 Å². The number of hydrogen-bond acceptors (Lipinski definition) is 5. The topological polar surface area (TPSA) is 84.9 Å². The summed E-state index contributed by atoms with van der Waals surface area (Å²) in [5.41, 5.74) is 0.641. The van der Waals surface area contributed by atoms with Gasteiger partial charge in [0.1, 0.15) is 0 Å². The average molecular weight is 336 g/mol. The predicted octanol–water partition coefficient (Wildman–Crippen LogP) is 1.69. The molecule has 0 spiro atoms. The van der Waals surface area contributed by atoms with E-state index in [4.69, 9.17) is 9.47 Å². The van der Waals surface area contributed by atoms with Crippen molar-refractivity contribution in [2.45, 2.75) is 20.3 Å².